The number of carbonyl (C=O) groups excluding carboxylic acids is 1. The summed E-state index contributed by atoms with van der Waals surface area (Å²) < 4.78 is 7.21. The summed E-state index contributed by atoms with van der Waals surface area (Å²) in [6, 6.07) is 9.79. The number of amides is 1. The van der Waals surface area contributed by atoms with Crippen LogP contribution < -0.4 is 5.73 Å². The Kier molecular flexibility index (Phi) is 6.30. The number of aryl methyl sites for hydroxylation is 2. The number of aromatic nitrogens is 2. The van der Waals surface area contributed by atoms with Crippen molar-refractivity contribution in [3.8, 4) is 0 Å². The molecule has 1 aliphatic heterocycles. The van der Waals surface area contributed by atoms with Gasteiger partial charge in [-0.3, -0.25) is 9.48 Å². The Morgan fingerprint density at radius 1 is 1.32 bits per heavy atom. The average molecular weight is 385 g/mol. The van der Waals surface area contributed by atoms with Crippen molar-refractivity contribution in [2.75, 3.05) is 26.3 Å². The lowest BCUT2D eigenvalue weighted by atomic mass is 10.1. The van der Waals surface area contributed by atoms with Crippen LogP contribution in [0.4, 0.5) is 0 Å². The molecule has 1 aliphatic rings. The van der Waals surface area contributed by atoms with Crippen molar-refractivity contribution in [2.45, 2.75) is 33.4 Å². The topological polar surface area (TPSA) is 95.0 Å². The molecule has 1 atom stereocenters. The molecule has 28 heavy (non-hydrogen) atoms. The number of amidine groups is 1. The molecule has 1 amide bonds. The molecule has 1 fully saturated rings. The predicted octanol–water partition coefficient (Wildman–Crippen LogP) is 1.43. The fraction of sp³-hybridized carbons (Fsp3) is 0.450. The van der Waals surface area contributed by atoms with Gasteiger partial charge < -0.3 is 20.2 Å². The first-order valence-corrected chi connectivity index (χ1v) is 9.40. The molecule has 1 aromatic heterocycles. The molecule has 0 aliphatic carbocycles. The lowest BCUT2D eigenvalue weighted by Crippen LogP contribution is -2.45. The van der Waals surface area contributed by atoms with E-state index in [1.54, 1.807) is 11.8 Å². The third kappa shape index (κ3) is 4.89. The van der Waals surface area contributed by atoms with E-state index in [0.29, 0.717) is 32.8 Å². The summed E-state index contributed by atoms with van der Waals surface area (Å²) >= 11 is 0. The van der Waals surface area contributed by atoms with Crippen molar-refractivity contribution < 1.29 is 14.4 Å². The number of hydrogen-bond donors (Lipinski definition) is 1. The highest BCUT2D eigenvalue weighted by Gasteiger charge is 2.23. The summed E-state index contributed by atoms with van der Waals surface area (Å²) in [5.41, 5.74) is 9.96. The molecule has 1 unspecified atom stereocenters. The standard InChI is InChI=1S/C20H27N5O3/c1-14-11-15(2)25(22-14)13-17-5-4-6-18(12-17)19(21)23-28-16(3)20(26)24-7-9-27-10-8-24/h4-6,11-12,16H,7-10,13H2,1-3H3,(H2,21,23). The first kappa shape index (κ1) is 19.9. The van der Waals surface area contributed by atoms with Crippen LogP contribution in [0.15, 0.2) is 35.5 Å². The van der Waals surface area contributed by atoms with Gasteiger partial charge in [-0.25, -0.2) is 0 Å². The normalized spacial score (nSPS) is 16.1. The van der Waals surface area contributed by atoms with Crippen molar-refractivity contribution in [3.63, 3.8) is 0 Å². The second kappa shape index (κ2) is 8.88. The number of carbonyl (C=O) groups is 1. The summed E-state index contributed by atoms with van der Waals surface area (Å²) in [6.45, 7) is 8.56. The van der Waals surface area contributed by atoms with E-state index in [4.69, 9.17) is 15.3 Å². The van der Waals surface area contributed by atoms with Crippen LogP contribution in [0, 0.1) is 13.8 Å². The van der Waals surface area contributed by atoms with Crippen LogP contribution in [-0.2, 0) is 20.9 Å². The zero-order chi connectivity index (χ0) is 20.1. The fourth-order valence-electron chi connectivity index (χ4n) is 3.11. The number of hydrogen-bond acceptors (Lipinski definition) is 5. The van der Waals surface area contributed by atoms with Crippen LogP contribution in [0.1, 0.15) is 29.4 Å². The van der Waals surface area contributed by atoms with E-state index in [1.165, 1.54) is 0 Å². The quantitative estimate of drug-likeness (QED) is 0.461. The molecular weight excluding hydrogens is 358 g/mol. The molecule has 2 aromatic rings. The molecule has 3 rings (SSSR count). The molecule has 0 bridgehead atoms. The van der Waals surface area contributed by atoms with Gasteiger partial charge in [0.05, 0.1) is 25.5 Å². The lowest BCUT2D eigenvalue weighted by molar-refractivity contribution is -0.146. The van der Waals surface area contributed by atoms with Gasteiger partial charge in [-0.05, 0) is 38.5 Å². The molecule has 1 aromatic carbocycles. The Morgan fingerprint density at radius 2 is 2.07 bits per heavy atom. The summed E-state index contributed by atoms with van der Waals surface area (Å²) in [5.74, 6) is 0.120. The molecule has 0 radical (unpaired) electrons. The Morgan fingerprint density at radius 3 is 2.75 bits per heavy atom. The zero-order valence-electron chi connectivity index (χ0n) is 16.6. The first-order chi connectivity index (χ1) is 13.4. The van der Waals surface area contributed by atoms with Gasteiger partial charge in [0.25, 0.3) is 5.91 Å². The molecule has 0 spiro atoms. The fourth-order valence-corrected chi connectivity index (χ4v) is 3.11. The van der Waals surface area contributed by atoms with E-state index >= 15 is 0 Å². The number of rotatable bonds is 6. The van der Waals surface area contributed by atoms with Crippen LogP contribution >= 0.6 is 0 Å². The predicted molar refractivity (Wildman–Crippen MR) is 106 cm³/mol. The number of oxime groups is 1. The second-order valence-electron chi connectivity index (χ2n) is 6.95. The molecule has 0 saturated carbocycles. The van der Waals surface area contributed by atoms with Crippen LogP contribution in [0.3, 0.4) is 0 Å². The zero-order valence-corrected chi connectivity index (χ0v) is 16.6. The molecule has 8 heteroatoms. The third-order valence-electron chi connectivity index (χ3n) is 4.64. The number of nitrogens with zero attached hydrogens (tertiary/aromatic N) is 4. The van der Waals surface area contributed by atoms with Crippen LogP contribution in [-0.4, -0.2) is 58.8 Å². The van der Waals surface area contributed by atoms with E-state index in [-0.39, 0.29) is 11.7 Å². The second-order valence-corrected chi connectivity index (χ2v) is 6.95. The highest BCUT2D eigenvalue weighted by atomic mass is 16.6. The van der Waals surface area contributed by atoms with Gasteiger partial charge in [0.15, 0.2) is 5.84 Å². The maximum atomic E-state index is 12.4. The van der Waals surface area contributed by atoms with Crippen molar-refractivity contribution in [1.82, 2.24) is 14.7 Å². The SMILES string of the molecule is Cc1cc(C)n(Cc2cccc(/C(N)=N\OC(C)C(=O)N3CCOCC3)c2)n1. The lowest BCUT2D eigenvalue weighted by Gasteiger charge is -2.28. The van der Waals surface area contributed by atoms with Gasteiger partial charge in [-0.1, -0.05) is 23.4 Å². The van der Waals surface area contributed by atoms with Crippen molar-refractivity contribution >= 4 is 11.7 Å². The Bertz CT molecular complexity index is 855. The van der Waals surface area contributed by atoms with Crippen molar-refractivity contribution in [2.24, 2.45) is 10.9 Å². The van der Waals surface area contributed by atoms with Crippen LogP contribution in [0.2, 0.25) is 0 Å². The van der Waals surface area contributed by atoms with Gasteiger partial charge in [-0.15, -0.1) is 0 Å². The summed E-state index contributed by atoms with van der Waals surface area (Å²) in [6.07, 6.45) is -0.700. The van der Waals surface area contributed by atoms with Crippen LogP contribution in [0.5, 0.6) is 0 Å². The Hall–Kier alpha value is -2.87. The first-order valence-electron chi connectivity index (χ1n) is 9.40. The minimum atomic E-state index is -0.700. The van der Waals surface area contributed by atoms with Gasteiger partial charge in [-0.2, -0.15) is 5.10 Å². The maximum absolute atomic E-state index is 12.4. The highest BCUT2D eigenvalue weighted by molar-refractivity contribution is 5.97. The van der Waals surface area contributed by atoms with E-state index in [1.807, 2.05) is 48.9 Å². The third-order valence-corrected chi connectivity index (χ3v) is 4.64. The van der Waals surface area contributed by atoms with Crippen molar-refractivity contribution in [1.29, 1.82) is 0 Å². The molecule has 2 heterocycles. The number of nitrogens with two attached hydrogens (primary N) is 1. The Labute approximate surface area is 164 Å². The average Bonchev–Trinajstić information content (AvgIpc) is 3.02. The number of ether oxygens (including phenoxy) is 1. The van der Waals surface area contributed by atoms with Crippen LogP contribution in [0.25, 0.3) is 0 Å². The number of benzene rings is 1. The van der Waals surface area contributed by atoms with E-state index in [0.717, 1.165) is 22.5 Å². The maximum Gasteiger partial charge on any atom is 0.266 e. The van der Waals surface area contributed by atoms with Crippen molar-refractivity contribution in [3.05, 3.63) is 52.8 Å². The minimum absolute atomic E-state index is 0.113. The number of morpholine rings is 1. The van der Waals surface area contributed by atoms with Gasteiger partial charge >= 0.3 is 0 Å². The monoisotopic (exact) mass is 385 g/mol. The smallest absolute Gasteiger partial charge is 0.266 e. The summed E-state index contributed by atoms with van der Waals surface area (Å²) in [4.78, 5) is 19.4. The van der Waals surface area contributed by atoms with E-state index in [2.05, 4.69) is 10.3 Å². The molecule has 2 N–H and O–H groups in total. The van der Waals surface area contributed by atoms with E-state index in [9.17, 15) is 4.79 Å². The summed E-state index contributed by atoms with van der Waals surface area (Å²) in [7, 11) is 0. The largest absolute Gasteiger partial charge is 0.381 e. The molecular formula is C20H27N5O3. The summed E-state index contributed by atoms with van der Waals surface area (Å²) in [5, 5.41) is 8.46. The van der Waals surface area contributed by atoms with Gasteiger partial charge in [0.1, 0.15) is 0 Å². The van der Waals surface area contributed by atoms with E-state index < -0.39 is 6.10 Å². The highest BCUT2D eigenvalue weighted by Crippen LogP contribution is 2.11. The molecule has 1 saturated heterocycles. The van der Waals surface area contributed by atoms with Gasteiger partial charge in [0, 0.05) is 24.3 Å². The molecule has 150 valence electrons. The molecule has 8 nitrogen and oxygen atoms in total. The van der Waals surface area contributed by atoms with Gasteiger partial charge in [0.2, 0.25) is 6.10 Å². The minimum Gasteiger partial charge on any atom is -0.381 e. The Balaban J connectivity index is 1.63.